The van der Waals surface area contributed by atoms with Gasteiger partial charge in [0.25, 0.3) is 0 Å². The van der Waals surface area contributed by atoms with E-state index in [9.17, 15) is 19.1 Å². The van der Waals surface area contributed by atoms with Crippen molar-refractivity contribution in [3.05, 3.63) is 64.9 Å². The van der Waals surface area contributed by atoms with Crippen LogP contribution in [-0.4, -0.2) is 23.5 Å². The predicted molar refractivity (Wildman–Crippen MR) is 84.5 cm³/mol. The molecule has 5 nitrogen and oxygen atoms in total. The summed E-state index contributed by atoms with van der Waals surface area (Å²) in [5.41, 5.74) is 0.742. The zero-order valence-corrected chi connectivity index (χ0v) is 12.7. The predicted octanol–water partition coefficient (Wildman–Crippen LogP) is 2.27. The lowest BCUT2D eigenvalue weighted by Crippen LogP contribution is -2.37. The molecular formula is C16H14ClFN2O3. The van der Waals surface area contributed by atoms with E-state index in [0.29, 0.717) is 16.3 Å². The highest BCUT2D eigenvalue weighted by atomic mass is 35.5. The van der Waals surface area contributed by atoms with Crippen molar-refractivity contribution in [1.82, 2.24) is 5.32 Å². The Morgan fingerprint density at radius 3 is 2.39 bits per heavy atom. The topological polar surface area (TPSA) is 78.4 Å². The summed E-state index contributed by atoms with van der Waals surface area (Å²) in [4.78, 5) is 23.4. The maximum Gasteiger partial charge on any atom is 0.313 e. The summed E-state index contributed by atoms with van der Waals surface area (Å²) < 4.78 is 12.8. The molecule has 0 saturated heterocycles. The average Bonchev–Trinajstić information content (AvgIpc) is 2.54. The number of amides is 2. The van der Waals surface area contributed by atoms with Gasteiger partial charge in [0, 0.05) is 22.8 Å². The number of aliphatic hydroxyl groups is 1. The first-order chi connectivity index (χ1) is 11.0. The summed E-state index contributed by atoms with van der Waals surface area (Å²) >= 11 is 5.93. The van der Waals surface area contributed by atoms with Crippen molar-refractivity contribution in [1.29, 1.82) is 0 Å². The number of nitrogens with one attached hydrogen (secondary N) is 2. The van der Waals surface area contributed by atoms with E-state index in [1.807, 2.05) is 0 Å². The molecule has 2 rings (SSSR count). The molecular weight excluding hydrogens is 323 g/mol. The molecule has 0 unspecified atom stereocenters. The number of carbonyl (C=O) groups excluding carboxylic acids is 2. The van der Waals surface area contributed by atoms with E-state index in [-0.39, 0.29) is 6.54 Å². The van der Waals surface area contributed by atoms with Gasteiger partial charge in [0.1, 0.15) is 5.82 Å². The van der Waals surface area contributed by atoms with Crippen molar-refractivity contribution < 1.29 is 19.1 Å². The molecule has 0 saturated carbocycles. The molecule has 3 N–H and O–H groups in total. The summed E-state index contributed by atoms with van der Waals surface area (Å²) in [6.45, 7) is -0.167. The highest BCUT2D eigenvalue weighted by Crippen LogP contribution is 2.21. The number of hydrogen-bond donors (Lipinski definition) is 3. The van der Waals surface area contributed by atoms with E-state index in [0.717, 1.165) is 12.1 Å². The molecule has 120 valence electrons. The van der Waals surface area contributed by atoms with Crippen molar-refractivity contribution in [3.63, 3.8) is 0 Å². The minimum Gasteiger partial charge on any atom is -0.387 e. The number of benzene rings is 2. The van der Waals surface area contributed by atoms with Crippen LogP contribution in [0.25, 0.3) is 0 Å². The second kappa shape index (κ2) is 7.71. The summed E-state index contributed by atoms with van der Waals surface area (Å²) in [5.74, 6) is -2.28. The molecule has 7 heteroatoms. The summed E-state index contributed by atoms with van der Waals surface area (Å²) in [7, 11) is 0. The smallest absolute Gasteiger partial charge is 0.313 e. The Kier molecular flexibility index (Phi) is 5.67. The van der Waals surface area contributed by atoms with Crippen LogP contribution in [0.3, 0.4) is 0 Å². The van der Waals surface area contributed by atoms with Gasteiger partial charge in [-0.15, -0.1) is 0 Å². The van der Waals surface area contributed by atoms with Crippen molar-refractivity contribution in [3.8, 4) is 0 Å². The van der Waals surface area contributed by atoms with Crippen molar-refractivity contribution in [2.45, 2.75) is 6.10 Å². The number of rotatable bonds is 4. The van der Waals surface area contributed by atoms with Gasteiger partial charge in [0.2, 0.25) is 0 Å². The second-order valence-electron chi connectivity index (χ2n) is 4.71. The molecule has 0 aliphatic carbocycles. The van der Waals surface area contributed by atoms with Gasteiger partial charge < -0.3 is 15.7 Å². The highest BCUT2D eigenvalue weighted by Gasteiger charge is 2.17. The molecule has 2 aromatic rings. The van der Waals surface area contributed by atoms with Gasteiger partial charge >= 0.3 is 11.8 Å². The summed E-state index contributed by atoms with van der Waals surface area (Å²) in [6.07, 6.45) is -1.04. The lowest BCUT2D eigenvalue weighted by molar-refractivity contribution is -0.136. The quantitative estimate of drug-likeness (QED) is 0.749. The van der Waals surface area contributed by atoms with Gasteiger partial charge in [-0.3, -0.25) is 9.59 Å². The SMILES string of the molecule is O=C(NC[C@H](O)c1ccccc1Cl)C(=O)Nc1ccc(F)cc1. The van der Waals surface area contributed by atoms with E-state index in [1.54, 1.807) is 24.3 Å². The molecule has 2 aromatic carbocycles. The molecule has 0 aliphatic rings. The Morgan fingerprint density at radius 2 is 1.74 bits per heavy atom. The Bertz CT molecular complexity index is 707. The molecule has 0 aromatic heterocycles. The standard InChI is InChI=1S/C16H14ClFN2O3/c17-13-4-2-1-3-12(13)14(21)9-19-15(22)16(23)20-11-7-5-10(18)6-8-11/h1-8,14,21H,9H2,(H,19,22)(H,20,23)/t14-/m0/s1. The minimum absolute atomic E-state index is 0.167. The van der Waals surface area contributed by atoms with Crippen LogP contribution < -0.4 is 10.6 Å². The third kappa shape index (κ3) is 4.77. The molecule has 0 spiro atoms. The van der Waals surface area contributed by atoms with Crippen molar-refractivity contribution in [2.75, 3.05) is 11.9 Å². The fourth-order valence-corrected chi connectivity index (χ4v) is 2.11. The molecule has 0 bridgehead atoms. The number of halogens is 2. The fourth-order valence-electron chi connectivity index (χ4n) is 1.85. The van der Waals surface area contributed by atoms with Gasteiger partial charge in [0.15, 0.2) is 0 Å². The molecule has 23 heavy (non-hydrogen) atoms. The Balaban J connectivity index is 1.87. The van der Waals surface area contributed by atoms with E-state index in [4.69, 9.17) is 11.6 Å². The lowest BCUT2D eigenvalue weighted by Gasteiger charge is -2.13. The third-order valence-corrected chi connectivity index (χ3v) is 3.37. The zero-order valence-electron chi connectivity index (χ0n) is 11.9. The largest absolute Gasteiger partial charge is 0.387 e. The van der Waals surface area contributed by atoms with Crippen LogP contribution in [0.4, 0.5) is 10.1 Å². The third-order valence-electron chi connectivity index (χ3n) is 3.03. The molecule has 0 radical (unpaired) electrons. The Hall–Kier alpha value is -2.44. The van der Waals surface area contributed by atoms with E-state index in [2.05, 4.69) is 10.6 Å². The molecule has 1 atom stereocenters. The van der Waals surface area contributed by atoms with Crippen LogP contribution in [0.2, 0.25) is 5.02 Å². The Labute approximate surface area is 137 Å². The fraction of sp³-hybridized carbons (Fsp3) is 0.125. The van der Waals surface area contributed by atoms with Crippen LogP contribution in [-0.2, 0) is 9.59 Å². The monoisotopic (exact) mass is 336 g/mol. The number of hydrogen-bond acceptors (Lipinski definition) is 3. The lowest BCUT2D eigenvalue weighted by atomic mass is 10.1. The van der Waals surface area contributed by atoms with Crippen LogP contribution >= 0.6 is 11.6 Å². The van der Waals surface area contributed by atoms with Crippen LogP contribution in [0.5, 0.6) is 0 Å². The second-order valence-corrected chi connectivity index (χ2v) is 5.12. The van der Waals surface area contributed by atoms with Crippen LogP contribution in [0, 0.1) is 5.82 Å². The maximum atomic E-state index is 12.8. The normalized spacial score (nSPS) is 11.6. The first-order valence-corrected chi connectivity index (χ1v) is 7.12. The number of carbonyl (C=O) groups is 2. The average molecular weight is 337 g/mol. The minimum atomic E-state index is -1.04. The van der Waals surface area contributed by atoms with Crippen LogP contribution in [0.1, 0.15) is 11.7 Å². The van der Waals surface area contributed by atoms with Gasteiger partial charge in [-0.1, -0.05) is 29.8 Å². The summed E-state index contributed by atoms with van der Waals surface area (Å²) in [5, 5.41) is 15.0. The molecule has 0 aliphatic heterocycles. The Morgan fingerprint density at radius 1 is 1.09 bits per heavy atom. The first kappa shape index (κ1) is 16.9. The molecule has 0 fully saturated rings. The van der Waals surface area contributed by atoms with Gasteiger partial charge in [-0.05, 0) is 30.3 Å². The highest BCUT2D eigenvalue weighted by molar-refractivity contribution is 6.39. The van der Waals surface area contributed by atoms with Gasteiger partial charge in [0.05, 0.1) is 6.10 Å². The van der Waals surface area contributed by atoms with E-state index in [1.165, 1.54) is 12.1 Å². The number of anilines is 1. The molecule has 0 heterocycles. The van der Waals surface area contributed by atoms with Gasteiger partial charge in [-0.25, -0.2) is 4.39 Å². The van der Waals surface area contributed by atoms with Crippen molar-refractivity contribution in [2.24, 2.45) is 0 Å². The summed E-state index contributed by atoms with van der Waals surface area (Å²) in [6, 6.07) is 11.6. The van der Waals surface area contributed by atoms with Gasteiger partial charge in [-0.2, -0.15) is 0 Å². The first-order valence-electron chi connectivity index (χ1n) is 6.74. The maximum absolute atomic E-state index is 12.8. The number of aliphatic hydroxyl groups excluding tert-OH is 1. The van der Waals surface area contributed by atoms with E-state index >= 15 is 0 Å². The molecule has 2 amide bonds. The zero-order chi connectivity index (χ0) is 16.8. The van der Waals surface area contributed by atoms with E-state index < -0.39 is 23.7 Å². The van der Waals surface area contributed by atoms with Crippen molar-refractivity contribution >= 4 is 29.1 Å². The van der Waals surface area contributed by atoms with Crippen LogP contribution in [0.15, 0.2) is 48.5 Å².